The van der Waals surface area contributed by atoms with Crippen LogP contribution in [0.1, 0.15) is 75.3 Å². The number of hydrogen-bond acceptors (Lipinski definition) is 1. The fourth-order valence-corrected chi connectivity index (χ4v) is 16.5. The maximum Gasteiger partial charge on any atom is 0.0618 e. The third kappa shape index (κ3) is 4.95. The molecule has 0 saturated heterocycles. The molecule has 63 heavy (non-hydrogen) atoms. The first-order chi connectivity index (χ1) is 31.1. The molecule has 4 atom stereocenters. The van der Waals surface area contributed by atoms with Gasteiger partial charge in [0.25, 0.3) is 0 Å². The van der Waals surface area contributed by atoms with Crippen LogP contribution in [0.5, 0.6) is 0 Å². The zero-order valence-electron chi connectivity index (χ0n) is 36.1. The minimum atomic E-state index is 0.319. The van der Waals surface area contributed by atoms with E-state index in [9.17, 15) is 0 Å². The molecule has 0 heterocycles. The molecule has 0 radical (unpaired) electrons. The van der Waals surface area contributed by atoms with Gasteiger partial charge in [-0.25, -0.2) is 0 Å². The Bertz CT molecular complexity index is 3070. The van der Waals surface area contributed by atoms with Crippen LogP contribution in [-0.2, 0) is 10.8 Å². The van der Waals surface area contributed by atoms with Gasteiger partial charge in [0.1, 0.15) is 0 Å². The molecule has 9 aliphatic carbocycles. The summed E-state index contributed by atoms with van der Waals surface area (Å²) >= 11 is 0. The number of hydrogen-bond donors (Lipinski definition) is 0. The van der Waals surface area contributed by atoms with Gasteiger partial charge in [-0.05, 0) is 207 Å². The van der Waals surface area contributed by atoms with Gasteiger partial charge in [-0.1, -0.05) is 133 Å². The molecule has 0 aliphatic heterocycles. The van der Waals surface area contributed by atoms with Gasteiger partial charge >= 0.3 is 0 Å². The van der Waals surface area contributed by atoms with E-state index in [1.807, 2.05) is 0 Å². The van der Waals surface area contributed by atoms with Crippen LogP contribution in [-0.4, -0.2) is 0 Å². The smallest absolute Gasteiger partial charge is 0.0618 e. The zero-order chi connectivity index (χ0) is 41.0. The van der Waals surface area contributed by atoms with Crippen LogP contribution in [0.25, 0.3) is 66.1 Å². The second-order valence-electron chi connectivity index (χ2n) is 21.5. The van der Waals surface area contributed by atoms with Gasteiger partial charge in [0, 0.05) is 22.1 Å². The lowest BCUT2D eigenvalue weighted by molar-refractivity contribution is 0.263. The van der Waals surface area contributed by atoms with Gasteiger partial charge in [0.05, 0.1) is 5.69 Å². The molecule has 8 saturated carbocycles. The third-order valence-corrected chi connectivity index (χ3v) is 18.5. The number of fused-ring (bicyclic) bond motifs is 10. The monoisotopic (exact) mass is 811 g/mol. The van der Waals surface area contributed by atoms with Crippen molar-refractivity contribution in [1.29, 1.82) is 0 Å². The molecule has 0 aromatic heterocycles. The van der Waals surface area contributed by atoms with Crippen LogP contribution >= 0.6 is 0 Å². The van der Waals surface area contributed by atoms with Crippen LogP contribution in [0.15, 0.2) is 164 Å². The van der Waals surface area contributed by atoms with E-state index in [1.165, 1.54) is 147 Å². The largest absolute Gasteiger partial charge is 0.309 e. The van der Waals surface area contributed by atoms with E-state index in [2.05, 4.69) is 169 Å². The fraction of sp³-hybridized carbons (Fsp3) is 0.290. The first kappa shape index (κ1) is 35.5. The molecular formula is C62H53N. The summed E-state index contributed by atoms with van der Waals surface area (Å²) in [6, 6.07) is 64.0. The topological polar surface area (TPSA) is 3.24 Å². The second kappa shape index (κ2) is 12.8. The SMILES string of the molecule is c1ccc2c(c1)-c1ccccc1-c1ccc(N(c3cc(C45CC6CC(CC4C6)C5)cc(C45CC6CC(CC4C6)C5)c3)c3c4ccccc4cc4ccccc34)cc1-c1ccccc1-2. The van der Waals surface area contributed by atoms with Gasteiger partial charge in [-0.2, -0.15) is 0 Å². The molecule has 8 aromatic rings. The minimum Gasteiger partial charge on any atom is -0.309 e. The van der Waals surface area contributed by atoms with Crippen molar-refractivity contribution in [2.24, 2.45) is 35.5 Å². The predicted molar refractivity (Wildman–Crippen MR) is 262 cm³/mol. The Labute approximate surface area is 371 Å². The summed E-state index contributed by atoms with van der Waals surface area (Å²) in [5, 5.41) is 5.22. The molecule has 0 N–H and O–H groups in total. The maximum atomic E-state index is 2.85. The predicted octanol–water partition coefficient (Wildman–Crippen LogP) is 16.6. The van der Waals surface area contributed by atoms with Gasteiger partial charge in [0.2, 0.25) is 0 Å². The van der Waals surface area contributed by atoms with Gasteiger partial charge in [-0.15, -0.1) is 0 Å². The van der Waals surface area contributed by atoms with Crippen LogP contribution in [0.2, 0.25) is 0 Å². The number of benzene rings is 8. The average Bonchev–Trinajstić information content (AvgIpc) is 3.94. The third-order valence-electron chi connectivity index (χ3n) is 18.5. The lowest BCUT2D eigenvalue weighted by Crippen LogP contribution is -2.31. The van der Waals surface area contributed by atoms with Crippen LogP contribution in [0, 0.1) is 35.5 Å². The van der Waals surface area contributed by atoms with Crippen LogP contribution in [0.4, 0.5) is 17.1 Å². The average molecular weight is 812 g/mol. The molecular weight excluding hydrogens is 759 g/mol. The molecule has 4 unspecified atom stereocenters. The summed E-state index contributed by atoms with van der Waals surface area (Å²) in [6.45, 7) is 0. The lowest BCUT2D eigenvalue weighted by Gasteiger charge is -2.39. The molecule has 8 bridgehead atoms. The summed E-state index contributed by atoms with van der Waals surface area (Å²) in [4.78, 5) is 2.76. The Morgan fingerprint density at radius 1 is 0.333 bits per heavy atom. The minimum absolute atomic E-state index is 0.319. The van der Waals surface area contributed by atoms with Crippen molar-refractivity contribution in [3.05, 3.63) is 175 Å². The van der Waals surface area contributed by atoms with Crippen molar-refractivity contribution in [2.75, 3.05) is 4.90 Å². The fourth-order valence-electron chi connectivity index (χ4n) is 16.5. The van der Waals surface area contributed by atoms with Crippen molar-refractivity contribution in [1.82, 2.24) is 0 Å². The highest BCUT2D eigenvalue weighted by molar-refractivity contribution is 6.14. The number of rotatable bonds is 5. The van der Waals surface area contributed by atoms with E-state index in [0.717, 1.165) is 35.5 Å². The maximum absolute atomic E-state index is 2.85. The standard InChI is InChI=1S/C62H53N/c1-3-13-50-42(11-1)29-43-12-2-4-14-51(43)60(50)63(48-21-22-58-56-19-8-7-17-54(56)52-15-5-6-16-53(52)55-18-9-10-20-57(55)59(58)33-48)49-31-46(61-34-38-23-39(35-61)26-44(61)25-38)30-47(32-49)62-36-40-24-41(37-62)28-45(62)27-40/h1-22,29-33,38-41,44-45H,23-28,34-37H2. The van der Waals surface area contributed by atoms with Gasteiger partial charge in [0.15, 0.2) is 0 Å². The van der Waals surface area contributed by atoms with Crippen molar-refractivity contribution < 1.29 is 0 Å². The first-order valence-electron chi connectivity index (χ1n) is 24.4. The van der Waals surface area contributed by atoms with Crippen molar-refractivity contribution in [3.8, 4) is 44.5 Å². The van der Waals surface area contributed by atoms with Gasteiger partial charge < -0.3 is 4.90 Å². The highest BCUT2D eigenvalue weighted by atomic mass is 15.1. The van der Waals surface area contributed by atoms with E-state index in [-0.39, 0.29) is 0 Å². The molecule has 9 aliphatic rings. The van der Waals surface area contributed by atoms with E-state index in [1.54, 1.807) is 11.1 Å². The normalized spacial score (nSPS) is 28.8. The Balaban J connectivity index is 1.04. The van der Waals surface area contributed by atoms with Crippen LogP contribution < -0.4 is 4.90 Å². The van der Waals surface area contributed by atoms with E-state index < -0.39 is 0 Å². The Hall–Kier alpha value is -5.92. The number of nitrogens with zero attached hydrogens (tertiary/aromatic N) is 1. The Kier molecular flexibility index (Phi) is 7.25. The van der Waals surface area contributed by atoms with E-state index in [0.29, 0.717) is 10.8 Å². The summed E-state index contributed by atoms with van der Waals surface area (Å²) < 4.78 is 0. The number of anilines is 3. The highest BCUT2D eigenvalue weighted by Crippen LogP contribution is 2.69. The summed E-state index contributed by atoms with van der Waals surface area (Å²) in [5.41, 5.74) is 18.3. The summed E-state index contributed by atoms with van der Waals surface area (Å²) in [5.74, 6) is 5.30. The molecule has 1 heteroatoms. The van der Waals surface area contributed by atoms with E-state index >= 15 is 0 Å². The van der Waals surface area contributed by atoms with Gasteiger partial charge in [-0.3, -0.25) is 0 Å². The van der Waals surface area contributed by atoms with E-state index in [4.69, 9.17) is 0 Å². The molecule has 17 rings (SSSR count). The first-order valence-corrected chi connectivity index (χ1v) is 24.4. The lowest BCUT2D eigenvalue weighted by atomic mass is 9.67. The van der Waals surface area contributed by atoms with Crippen molar-refractivity contribution >= 4 is 38.6 Å². The summed E-state index contributed by atoms with van der Waals surface area (Å²) in [6.07, 6.45) is 14.3. The molecule has 306 valence electrons. The highest BCUT2D eigenvalue weighted by Gasteiger charge is 2.61. The molecule has 0 spiro atoms. The van der Waals surface area contributed by atoms with Crippen LogP contribution in [0.3, 0.4) is 0 Å². The molecule has 1 nitrogen and oxygen atoms in total. The molecule has 8 fully saturated rings. The zero-order valence-corrected chi connectivity index (χ0v) is 36.1. The Morgan fingerprint density at radius 3 is 1.19 bits per heavy atom. The van der Waals surface area contributed by atoms with Crippen molar-refractivity contribution in [3.63, 3.8) is 0 Å². The molecule has 0 amide bonds. The molecule has 8 aromatic carbocycles. The summed E-state index contributed by atoms with van der Waals surface area (Å²) in [7, 11) is 0. The Morgan fingerprint density at radius 2 is 0.730 bits per heavy atom. The van der Waals surface area contributed by atoms with Crippen molar-refractivity contribution in [2.45, 2.75) is 75.0 Å². The quantitative estimate of drug-likeness (QED) is 0.157. The second-order valence-corrected chi connectivity index (χ2v) is 21.5.